The van der Waals surface area contributed by atoms with Gasteiger partial charge in [0.05, 0.1) is 16.4 Å². The van der Waals surface area contributed by atoms with Crippen molar-refractivity contribution >= 4 is 23.2 Å². The molecule has 156 valence electrons. The summed E-state index contributed by atoms with van der Waals surface area (Å²) < 4.78 is 39.6. The van der Waals surface area contributed by atoms with Gasteiger partial charge in [-0.3, -0.25) is 9.59 Å². The van der Waals surface area contributed by atoms with Crippen molar-refractivity contribution in [3.8, 4) is 0 Å². The highest BCUT2D eigenvalue weighted by molar-refractivity contribution is 7.12. The van der Waals surface area contributed by atoms with Gasteiger partial charge in [-0.05, 0) is 36.9 Å². The molecule has 1 aliphatic rings. The van der Waals surface area contributed by atoms with Gasteiger partial charge in [-0.2, -0.15) is 13.2 Å². The van der Waals surface area contributed by atoms with Crippen molar-refractivity contribution in [2.75, 3.05) is 20.1 Å². The Hall–Kier alpha value is -2.35. The standard InChI is InChI=1S/C21H23F3N2O2S/c1-13(2)25(3)19(27)17-12-26(20(28)18-8-5-9-29-18)11-16(17)14-6-4-7-15(10-14)21(22,23)24/h4-10,13,16-17H,11-12H2,1-3H3/t16-,17-/m0/s1. The van der Waals surface area contributed by atoms with E-state index in [-0.39, 0.29) is 30.9 Å². The van der Waals surface area contributed by atoms with Crippen molar-refractivity contribution < 1.29 is 22.8 Å². The molecule has 1 saturated heterocycles. The number of nitrogens with zero attached hydrogens (tertiary/aromatic N) is 2. The van der Waals surface area contributed by atoms with E-state index in [2.05, 4.69) is 0 Å². The molecule has 2 heterocycles. The number of amides is 2. The van der Waals surface area contributed by atoms with Gasteiger partial charge in [0.1, 0.15) is 0 Å². The van der Waals surface area contributed by atoms with Crippen LogP contribution in [0.25, 0.3) is 0 Å². The summed E-state index contributed by atoms with van der Waals surface area (Å²) in [5.74, 6) is -1.44. The lowest BCUT2D eigenvalue weighted by atomic mass is 9.87. The molecule has 0 aliphatic carbocycles. The first-order valence-corrected chi connectivity index (χ1v) is 10.2. The van der Waals surface area contributed by atoms with E-state index in [9.17, 15) is 22.8 Å². The minimum Gasteiger partial charge on any atom is -0.343 e. The van der Waals surface area contributed by atoms with E-state index in [1.54, 1.807) is 40.4 Å². The number of carbonyl (C=O) groups is 2. The average Bonchev–Trinajstić information content (AvgIpc) is 3.35. The van der Waals surface area contributed by atoms with Crippen molar-refractivity contribution in [1.29, 1.82) is 0 Å². The minimum atomic E-state index is -4.46. The minimum absolute atomic E-state index is 0.0493. The summed E-state index contributed by atoms with van der Waals surface area (Å²) in [7, 11) is 1.68. The second-order valence-corrected chi connectivity index (χ2v) is 8.51. The molecule has 0 spiro atoms. The van der Waals surface area contributed by atoms with Gasteiger partial charge >= 0.3 is 6.18 Å². The molecule has 1 aliphatic heterocycles. The van der Waals surface area contributed by atoms with Crippen LogP contribution in [0.1, 0.15) is 40.6 Å². The van der Waals surface area contributed by atoms with Crippen LogP contribution in [0.2, 0.25) is 0 Å². The molecule has 1 aromatic carbocycles. The molecule has 8 heteroatoms. The van der Waals surface area contributed by atoms with Crippen molar-refractivity contribution in [2.24, 2.45) is 5.92 Å². The van der Waals surface area contributed by atoms with Gasteiger partial charge in [-0.15, -0.1) is 11.3 Å². The number of benzene rings is 1. The van der Waals surface area contributed by atoms with E-state index in [0.29, 0.717) is 10.4 Å². The summed E-state index contributed by atoms with van der Waals surface area (Å²) in [5, 5.41) is 1.79. The Morgan fingerprint density at radius 2 is 1.90 bits per heavy atom. The molecule has 2 aromatic rings. The van der Waals surface area contributed by atoms with E-state index in [0.717, 1.165) is 12.1 Å². The predicted octanol–water partition coefficient (Wildman–Crippen LogP) is 4.49. The fourth-order valence-corrected chi connectivity index (χ4v) is 4.27. The lowest BCUT2D eigenvalue weighted by Crippen LogP contribution is -2.40. The largest absolute Gasteiger partial charge is 0.416 e. The van der Waals surface area contributed by atoms with Gasteiger partial charge in [0.2, 0.25) is 5.91 Å². The Labute approximate surface area is 171 Å². The molecule has 29 heavy (non-hydrogen) atoms. The number of hydrogen-bond acceptors (Lipinski definition) is 3. The van der Waals surface area contributed by atoms with Gasteiger partial charge in [0, 0.05) is 32.1 Å². The zero-order valence-electron chi connectivity index (χ0n) is 16.4. The first kappa shape index (κ1) is 21.4. The molecule has 0 bridgehead atoms. The van der Waals surface area contributed by atoms with Crippen molar-refractivity contribution in [2.45, 2.75) is 32.0 Å². The highest BCUT2D eigenvalue weighted by atomic mass is 32.1. The van der Waals surface area contributed by atoms with Gasteiger partial charge in [-0.25, -0.2) is 0 Å². The molecular formula is C21H23F3N2O2S. The molecule has 2 amide bonds. The molecule has 2 atom stereocenters. The van der Waals surface area contributed by atoms with E-state index in [1.807, 2.05) is 13.8 Å². The second kappa shape index (κ2) is 8.18. The number of halogens is 3. The van der Waals surface area contributed by atoms with Gasteiger partial charge < -0.3 is 9.80 Å². The maximum atomic E-state index is 13.2. The first-order chi connectivity index (χ1) is 13.6. The van der Waals surface area contributed by atoms with Crippen molar-refractivity contribution in [3.63, 3.8) is 0 Å². The summed E-state index contributed by atoms with van der Waals surface area (Å²) in [4.78, 5) is 29.6. The SMILES string of the molecule is CC(C)N(C)C(=O)[C@H]1CN(C(=O)c2cccs2)C[C@H]1c1cccc(C(F)(F)F)c1. The van der Waals surface area contributed by atoms with Crippen LogP contribution >= 0.6 is 11.3 Å². The normalized spacial score (nSPS) is 19.6. The zero-order valence-corrected chi connectivity index (χ0v) is 17.3. The number of likely N-dealkylation sites (tertiary alicyclic amines) is 1. The number of thiophene rings is 1. The van der Waals surface area contributed by atoms with Crippen LogP contribution < -0.4 is 0 Å². The fraction of sp³-hybridized carbons (Fsp3) is 0.429. The third-order valence-electron chi connectivity index (χ3n) is 5.42. The molecule has 0 N–H and O–H groups in total. The molecule has 1 aromatic heterocycles. The summed E-state index contributed by atoms with van der Waals surface area (Å²) >= 11 is 1.31. The maximum Gasteiger partial charge on any atom is 0.416 e. The zero-order chi connectivity index (χ0) is 21.3. The number of rotatable bonds is 4. The molecule has 0 unspecified atom stereocenters. The summed E-state index contributed by atoms with van der Waals surface area (Å²) in [6, 6.07) is 8.51. The molecule has 4 nitrogen and oxygen atoms in total. The smallest absolute Gasteiger partial charge is 0.343 e. The number of alkyl halides is 3. The topological polar surface area (TPSA) is 40.6 Å². The molecule has 3 rings (SSSR count). The molecule has 1 fully saturated rings. The first-order valence-electron chi connectivity index (χ1n) is 9.36. The molecule has 0 radical (unpaired) electrons. The van der Waals surface area contributed by atoms with Crippen LogP contribution in [0.5, 0.6) is 0 Å². The van der Waals surface area contributed by atoms with Gasteiger partial charge in [0.25, 0.3) is 5.91 Å². The highest BCUT2D eigenvalue weighted by Crippen LogP contribution is 2.38. The van der Waals surface area contributed by atoms with Crippen LogP contribution in [-0.4, -0.2) is 47.8 Å². The van der Waals surface area contributed by atoms with Crippen molar-refractivity contribution in [3.05, 3.63) is 57.8 Å². The Balaban J connectivity index is 1.95. The lowest BCUT2D eigenvalue weighted by molar-refractivity contribution is -0.137. The average molecular weight is 424 g/mol. The molecule has 0 saturated carbocycles. The molecular weight excluding hydrogens is 401 g/mol. The monoisotopic (exact) mass is 424 g/mol. The summed E-state index contributed by atoms with van der Waals surface area (Å²) in [5.41, 5.74) is -0.321. The van der Waals surface area contributed by atoms with Crippen LogP contribution in [0.3, 0.4) is 0 Å². The summed E-state index contributed by atoms with van der Waals surface area (Å²) in [6.07, 6.45) is -4.46. The Kier molecular flexibility index (Phi) is 6.03. The summed E-state index contributed by atoms with van der Waals surface area (Å²) in [6.45, 7) is 4.15. The van der Waals surface area contributed by atoms with Crippen LogP contribution in [0.15, 0.2) is 41.8 Å². The third-order valence-corrected chi connectivity index (χ3v) is 6.28. The lowest BCUT2D eigenvalue weighted by Gasteiger charge is -2.27. The third kappa shape index (κ3) is 4.47. The van der Waals surface area contributed by atoms with Crippen molar-refractivity contribution in [1.82, 2.24) is 9.80 Å². The number of hydrogen-bond donors (Lipinski definition) is 0. The Morgan fingerprint density at radius 1 is 1.17 bits per heavy atom. The van der Waals surface area contributed by atoms with E-state index in [1.165, 1.54) is 17.4 Å². The second-order valence-electron chi connectivity index (χ2n) is 7.57. The predicted molar refractivity (Wildman–Crippen MR) is 106 cm³/mol. The number of carbonyl (C=O) groups excluding carboxylic acids is 2. The van der Waals surface area contributed by atoms with E-state index < -0.39 is 23.6 Å². The van der Waals surface area contributed by atoms with E-state index in [4.69, 9.17) is 0 Å². The quantitative estimate of drug-likeness (QED) is 0.726. The fourth-order valence-electron chi connectivity index (χ4n) is 3.58. The van der Waals surface area contributed by atoms with E-state index >= 15 is 0 Å². The Bertz CT molecular complexity index is 880. The van der Waals surface area contributed by atoms with Crippen LogP contribution in [0, 0.1) is 5.92 Å². The van der Waals surface area contributed by atoms with Crippen LogP contribution in [-0.2, 0) is 11.0 Å². The van der Waals surface area contributed by atoms with Crippen LogP contribution in [0.4, 0.5) is 13.2 Å². The van der Waals surface area contributed by atoms with Gasteiger partial charge in [0.15, 0.2) is 0 Å². The maximum absolute atomic E-state index is 13.2. The van der Waals surface area contributed by atoms with Gasteiger partial charge in [-0.1, -0.05) is 24.3 Å². The Morgan fingerprint density at radius 3 is 2.48 bits per heavy atom. The highest BCUT2D eigenvalue weighted by Gasteiger charge is 2.43.